The molecule has 3 aromatic rings. The lowest BCUT2D eigenvalue weighted by Gasteiger charge is -2.13. The Morgan fingerprint density at radius 2 is 1.50 bits per heavy atom. The molecule has 0 saturated carbocycles. The molecule has 2 aromatic carbocycles. The summed E-state index contributed by atoms with van der Waals surface area (Å²) in [7, 11) is 0. The van der Waals surface area contributed by atoms with Crippen molar-refractivity contribution in [2.24, 2.45) is 5.73 Å². The lowest BCUT2D eigenvalue weighted by atomic mass is 10.2. The molecule has 2 unspecified atom stereocenters. The van der Waals surface area contributed by atoms with E-state index in [-0.39, 0.29) is 28.6 Å². The summed E-state index contributed by atoms with van der Waals surface area (Å²) >= 11 is 5.53. The third-order valence-electron chi connectivity index (χ3n) is 4.74. The van der Waals surface area contributed by atoms with E-state index in [1.54, 1.807) is 0 Å². The maximum absolute atomic E-state index is 14.4. The Labute approximate surface area is 237 Å². The molecule has 3 rings (SSSR count). The number of carboxylic acids is 2. The standard InChI is InChI=1S/C20H13ClF4N4O3.C4H6O6/c21-14-3-1-10(7-13(14)20(23,24)25)28-19(31)29-16-4-2-11(8-15(16)22)32-12-5-6-27-17(9-12)18(26)30;5-1(3(7)8)2(6)4(9)10/h1-9H,(H2,26,30)(H2,28,29,31);1-2,5-6H,(H,7,8)(H,9,10). The van der Waals surface area contributed by atoms with Crippen molar-refractivity contribution in [2.75, 3.05) is 10.6 Å². The molecule has 0 radical (unpaired) electrons. The molecular formula is C24H19ClF4N4O9. The minimum atomic E-state index is -4.71. The number of aliphatic carboxylic acids is 2. The van der Waals surface area contributed by atoms with Crippen molar-refractivity contribution in [1.82, 2.24) is 4.98 Å². The molecule has 42 heavy (non-hydrogen) atoms. The number of pyridine rings is 1. The molecule has 18 heteroatoms. The minimum absolute atomic E-state index is 0.0441. The Kier molecular flexibility index (Phi) is 11.1. The second-order valence-corrected chi connectivity index (χ2v) is 8.23. The number of carbonyl (C=O) groups is 4. The van der Waals surface area contributed by atoms with Crippen molar-refractivity contribution in [3.8, 4) is 11.5 Å². The Morgan fingerprint density at radius 3 is 2.02 bits per heavy atom. The van der Waals surface area contributed by atoms with E-state index < -0.39 is 58.7 Å². The van der Waals surface area contributed by atoms with Gasteiger partial charge in [-0.2, -0.15) is 13.2 Å². The van der Waals surface area contributed by atoms with Crippen LogP contribution in [0.1, 0.15) is 16.1 Å². The first-order chi connectivity index (χ1) is 19.5. The normalized spacial score (nSPS) is 12.2. The Morgan fingerprint density at radius 1 is 0.905 bits per heavy atom. The Balaban J connectivity index is 0.000000528. The second kappa shape index (κ2) is 14.1. The first-order valence-electron chi connectivity index (χ1n) is 11.0. The Hall–Kier alpha value is -5.00. The lowest BCUT2D eigenvalue weighted by Crippen LogP contribution is -2.39. The first kappa shape index (κ1) is 33.2. The molecule has 0 aliphatic carbocycles. The summed E-state index contributed by atoms with van der Waals surface area (Å²) < 4.78 is 58.5. The van der Waals surface area contributed by atoms with Crippen LogP contribution in [0, 0.1) is 5.82 Å². The molecule has 0 spiro atoms. The number of amides is 3. The number of nitrogens with one attached hydrogen (secondary N) is 2. The number of carboxylic acid groups (broad SMARTS) is 2. The van der Waals surface area contributed by atoms with Gasteiger partial charge in [-0.1, -0.05) is 11.6 Å². The van der Waals surface area contributed by atoms with Crippen molar-refractivity contribution in [1.29, 1.82) is 0 Å². The number of nitrogens with zero attached hydrogens (tertiary/aromatic N) is 1. The predicted molar refractivity (Wildman–Crippen MR) is 136 cm³/mol. The zero-order valence-electron chi connectivity index (χ0n) is 20.6. The number of primary amides is 1. The fraction of sp³-hybridized carbons (Fsp3) is 0.125. The number of halogens is 5. The average Bonchev–Trinajstić information content (AvgIpc) is 2.90. The zero-order valence-corrected chi connectivity index (χ0v) is 21.4. The van der Waals surface area contributed by atoms with Gasteiger partial charge in [-0.25, -0.2) is 18.8 Å². The summed E-state index contributed by atoms with van der Waals surface area (Å²) in [4.78, 5) is 46.5. The van der Waals surface area contributed by atoms with Crippen molar-refractivity contribution >= 4 is 46.9 Å². The van der Waals surface area contributed by atoms with Gasteiger partial charge in [-0.15, -0.1) is 0 Å². The number of ether oxygens (including phenoxy) is 1. The minimum Gasteiger partial charge on any atom is -0.479 e. The van der Waals surface area contributed by atoms with Crippen molar-refractivity contribution in [2.45, 2.75) is 18.4 Å². The molecule has 0 fully saturated rings. The molecule has 2 atom stereocenters. The molecule has 0 aliphatic rings. The van der Waals surface area contributed by atoms with E-state index >= 15 is 0 Å². The van der Waals surface area contributed by atoms with Gasteiger partial charge in [-0.3, -0.25) is 9.78 Å². The highest BCUT2D eigenvalue weighted by Gasteiger charge is 2.33. The molecule has 8 N–H and O–H groups in total. The van der Waals surface area contributed by atoms with E-state index in [1.807, 2.05) is 0 Å². The van der Waals surface area contributed by atoms with E-state index in [1.165, 1.54) is 36.5 Å². The summed E-state index contributed by atoms with van der Waals surface area (Å²) in [6.45, 7) is 0. The van der Waals surface area contributed by atoms with Crippen LogP contribution in [-0.4, -0.2) is 61.5 Å². The number of hydrogen-bond acceptors (Lipinski definition) is 8. The van der Waals surface area contributed by atoms with E-state index in [4.69, 9.17) is 42.5 Å². The van der Waals surface area contributed by atoms with Crippen molar-refractivity contribution in [3.63, 3.8) is 0 Å². The topological polar surface area (TPSA) is 221 Å². The molecule has 1 aromatic heterocycles. The quantitative estimate of drug-likeness (QED) is 0.182. The number of urea groups is 1. The van der Waals surface area contributed by atoms with Gasteiger partial charge in [0.15, 0.2) is 12.2 Å². The van der Waals surface area contributed by atoms with E-state index in [0.29, 0.717) is 6.07 Å². The van der Waals surface area contributed by atoms with Gasteiger partial charge < -0.3 is 41.5 Å². The summed E-state index contributed by atoms with van der Waals surface area (Å²) in [6.07, 6.45) is -7.96. The molecular weight excluding hydrogens is 600 g/mol. The van der Waals surface area contributed by atoms with Gasteiger partial charge in [0.1, 0.15) is 23.0 Å². The van der Waals surface area contributed by atoms with E-state index in [9.17, 15) is 36.7 Å². The summed E-state index contributed by atoms with van der Waals surface area (Å²) in [5.74, 6) is -4.97. The van der Waals surface area contributed by atoms with E-state index in [0.717, 1.165) is 12.1 Å². The first-order valence-corrected chi connectivity index (χ1v) is 11.4. The number of aliphatic hydroxyl groups excluding tert-OH is 2. The van der Waals surface area contributed by atoms with Crippen LogP contribution in [0.4, 0.5) is 33.7 Å². The van der Waals surface area contributed by atoms with Crippen LogP contribution in [0.3, 0.4) is 0 Å². The highest BCUT2D eigenvalue weighted by atomic mass is 35.5. The maximum atomic E-state index is 14.4. The summed E-state index contributed by atoms with van der Waals surface area (Å²) in [5.41, 5.74) is 3.51. The average molecular weight is 619 g/mol. The summed E-state index contributed by atoms with van der Waals surface area (Å²) in [6, 6.07) is 7.99. The van der Waals surface area contributed by atoms with E-state index in [2.05, 4.69) is 15.6 Å². The highest BCUT2D eigenvalue weighted by molar-refractivity contribution is 6.31. The molecule has 0 saturated heterocycles. The maximum Gasteiger partial charge on any atom is 0.417 e. The van der Waals surface area contributed by atoms with Crippen LogP contribution >= 0.6 is 11.6 Å². The molecule has 0 bridgehead atoms. The number of rotatable bonds is 8. The van der Waals surface area contributed by atoms with Crippen LogP contribution in [0.25, 0.3) is 0 Å². The molecule has 13 nitrogen and oxygen atoms in total. The van der Waals surface area contributed by atoms with Gasteiger partial charge >= 0.3 is 24.1 Å². The van der Waals surface area contributed by atoms with Gasteiger partial charge in [-0.05, 0) is 36.4 Å². The van der Waals surface area contributed by atoms with Gasteiger partial charge in [0.25, 0.3) is 5.91 Å². The highest BCUT2D eigenvalue weighted by Crippen LogP contribution is 2.36. The number of aromatic nitrogens is 1. The van der Waals surface area contributed by atoms with Crippen LogP contribution in [0.5, 0.6) is 11.5 Å². The fourth-order valence-corrected chi connectivity index (χ4v) is 3.01. The Bertz CT molecular complexity index is 1470. The van der Waals surface area contributed by atoms with Crippen LogP contribution in [-0.2, 0) is 15.8 Å². The van der Waals surface area contributed by atoms with Crippen molar-refractivity contribution in [3.05, 3.63) is 76.8 Å². The number of carbonyl (C=O) groups excluding carboxylic acids is 2. The fourth-order valence-electron chi connectivity index (χ4n) is 2.78. The second-order valence-electron chi connectivity index (χ2n) is 7.82. The predicted octanol–water partition coefficient (Wildman–Crippen LogP) is 3.31. The third kappa shape index (κ3) is 9.58. The number of aliphatic hydroxyl groups is 2. The lowest BCUT2D eigenvalue weighted by molar-refractivity contribution is -0.165. The van der Waals surface area contributed by atoms with Crippen LogP contribution < -0.4 is 21.1 Å². The molecule has 3 amide bonds. The summed E-state index contributed by atoms with van der Waals surface area (Å²) in [5, 5.41) is 36.4. The van der Waals surface area contributed by atoms with Crippen LogP contribution in [0.15, 0.2) is 54.7 Å². The number of nitrogens with two attached hydrogens (primary N) is 1. The zero-order chi connectivity index (χ0) is 31.8. The smallest absolute Gasteiger partial charge is 0.417 e. The number of benzene rings is 2. The van der Waals surface area contributed by atoms with Crippen molar-refractivity contribution < 1.29 is 61.9 Å². The molecule has 224 valence electrons. The number of hydrogen-bond donors (Lipinski definition) is 7. The van der Waals surface area contributed by atoms with Gasteiger partial charge in [0, 0.05) is 24.0 Å². The monoisotopic (exact) mass is 618 g/mol. The van der Waals surface area contributed by atoms with Gasteiger partial charge in [0.05, 0.1) is 16.3 Å². The number of alkyl halides is 3. The largest absolute Gasteiger partial charge is 0.479 e. The molecule has 1 heterocycles. The molecule has 0 aliphatic heterocycles. The third-order valence-corrected chi connectivity index (χ3v) is 5.07. The number of anilines is 2. The van der Waals surface area contributed by atoms with Crippen LogP contribution in [0.2, 0.25) is 5.02 Å². The SMILES string of the molecule is NC(=O)c1cc(Oc2ccc(NC(=O)Nc3ccc(Cl)c(C(F)(F)F)c3)c(F)c2)ccn1.O=C(O)C(O)C(O)C(=O)O. The van der Waals surface area contributed by atoms with Gasteiger partial charge in [0.2, 0.25) is 0 Å².